The summed E-state index contributed by atoms with van der Waals surface area (Å²) in [4.78, 5) is 8.72. The Morgan fingerprint density at radius 1 is 1.20 bits per heavy atom. The molecular weight excluding hydrogens is 320 g/mol. The molecule has 2 N–H and O–H groups in total. The smallest absolute Gasteiger partial charge is 0.136 e. The predicted octanol–water partition coefficient (Wildman–Crippen LogP) is 3.35. The first-order valence-electron chi connectivity index (χ1n) is 6.28. The minimum absolute atomic E-state index is 0.636. The largest absolute Gasteiger partial charge is 0.383 e. The molecule has 0 bridgehead atoms. The number of anilines is 3. The molecule has 0 atom stereocenters. The van der Waals surface area contributed by atoms with Gasteiger partial charge < -0.3 is 15.4 Å². The van der Waals surface area contributed by atoms with Crippen LogP contribution < -0.4 is 10.6 Å². The van der Waals surface area contributed by atoms with E-state index in [0.29, 0.717) is 19.0 Å². The molecule has 6 heteroatoms. The van der Waals surface area contributed by atoms with Crippen LogP contribution in [0.4, 0.5) is 17.3 Å². The highest BCUT2D eigenvalue weighted by atomic mass is 79.9. The van der Waals surface area contributed by atoms with E-state index in [9.17, 15) is 0 Å². The van der Waals surface area contributed by atoms with Crippen LogP contribution in [0.5, 0.6) is 0 Å². The van der Waals surface area contributed by atoms with Gasteiger partial charge in [0.15, 0.2) is 0 Å². The molecule has 0 amide bonds. The van der Waals surface area contributed by atoms with Crippen LogP contribution >= 0.6 is 15.9 Å². The molecule has 5 nitrogen and oxygen atoms in total. The molecule has 0 fully saturated rings. The summed E-state index contributed by atoms with van der Waals surface area (Å²) in [6.45, 7) is 3.22. The van der Waals surface area contributed by atoms with Crippen molar-refractivity contribution in [2.75, 3.05) is 30.9 Å². The van der Waals surface area contributed by atoms with Gasteiger partial charge in [-0.15, -0.1) is 0 Å². The Bertz CT molecular complexity index is 577. The zero-order valence-electron chi connectivity index (χ0n) is 11.5. The predicted molar refractivity (Wildman–Crippen MR) is 84.6 cm³/mol. The fourth-order valence-electron chi connectivity index (χ4n) is 1.72. The van der Waals surface area contributed by atoms with Crippen molar-refractivity contribution in [3.63, 3.8) is 0 Å². The molecule has 2 aromatic rings. The van der Waals surface area contributed by atoms with Gasteiger partial charge in [-0.05, 0) is 25.1 Å². The molecule has 1 aromatic carbocycles. The first-order chi connectivity index (χ1) is 9.67. The number of methoxy groups -OCH3 is 1. The van der Waals surface area contributed by atoms with Crippen molar-refractivity contribution in [1.82, 2.24) is 9.97 Å². The molecule has 1 aromatic heterocycles. The van der Waals surface area contributed by atoms with Crippen LogP contribution in [-0.2, 0) is 4.74 Å². The number of nitrogens with zero attached hydrogens (tertiary/aromatic N) is 2. The van der Waals surface area contributed by atoms with Gasteiger partial charge in [-0.25, -0.2) is 9.97 Å². The number of benzene rings is 1. The lowest BCUT2D eigenvalue weighted by Gasteiger charge is -2.10. The maximum Gasteiger partial charge on any atom is 0.136 e. The highest BCUT2D eigenvalue weighted by Crippen LogP contribution is 2.20. The first-order valence-corrected chi connectivity index (χ1v) is 7.08. The Kier molecular flexibility index (Phi) is 5.31. The quantitative estimate of drug-likeness (QED) is 0.792. The van der Waals surface area contributed by atoms with Crippen LogP contribution in [-0.4, -0.2) is 30.2 Å². The normalized spacial score (nSPS) is 10.3. The molecule has 0 unspecified atom stereocenters. The van der Waals surface area contributed by atoms with Gasteiger partial charge in [0.25, 0.3) is 0 Å². The van der Waals surface area contributed by atoms with Gasteiger partial charge in [0.1, 0.15) is 17.5 Å². The van der Waals surface area contributed by atoms with Crippen LogP contribution in [0.1, 0.15) is 5.82 Å². The minimum Gasteiger partial charge on any atom is -0.383 e. The monoisotopic (exact) mass is 336 g/mol. The van der Waals surface area contributed by atoms with Gasteiger partial charge in [0.2, 0.25) is 0 Å². The second-order valence-corrected chi connectivity index (χ2v) is 5.16. The Labute approximate surface area is 126 Å². The maximum atomic E-state index is 5.01. The summed E-state index contributed by atoms with van der Waals surface area (Å²) in [5, 5.41) is 6.46. The second-order valence-electron chi connectivity index (χ2n) is 4.24. The van der Waals surface area contributed by atoms with E-state index in [1.165, 1.54) is 0 Å². The van der Waals surface area contributed by atoms with Crippen molar-refractivity contribution in [2.24, 2.45) is 0 Å². The lowest BCUT2D eigenvalue weighted by Crippen LogP contribution is -2.10. The number of nitrogens with one attached hydrogen (secondary N) is 2. The Morgan fingerprint density at radius 2 is 2.00 bits per heavy atom. The van der Waals surface area contributed by atoms with E-state index in [1.807, 2.05) is 37.3 Å². The molecular formula is C14H17BrN4O. The van der Waals surface area contributed by atoms with Crippen molar-refractivity contribution < 1.29 is 4.74 Å². The fourth-order valence-corrected chi connectivity index (χ4v) is 2.12. The number of aryl methyl sites for hydroxylation is 1. The minimum atomic E-state index is 0.636. The average molecular weight is 337 g/mol. The first kappa shape index (κ1) is 14.7. The van der Waals surface area contributed by atoms with E-state index < -0.39 is 0 Å². The highest BCUT2D eigenvalue weighted by molar-refractivity contribution is 9.10. The van der Waals surface area contributed by atoms with Gasteiger partial charge in [-0.3, -0.25) is 0 Å². The third-order valence-corrected chi connectivity index (χ3v) is 3.04. The summed E-state index contributed by atoms with van der Waals surface area (Å²) in [7, 11) is 1.67. The number of ether oxygens (including phenoxy) is 1. The lowest BCUT2D eigenvalue weighted by atomic mass is 10.3. The molecule has 0 aliphatic carbocycles. The second kappa shape index (κ2) is 7.21. The van der Waals surface area contributed by atoms with Crippen LogP contribution in [0, 0.1) is 6.92 Å². The maximum absolute atomic E-state index is 5.01. The van der Waals surface area contributed by atoms with Crippen molar-refractivity contribution in [2.45, 2.75) is 6.92 Å². The van der Waals surface area contributed by atoms with E-state index >= 15 is 0 Å². The zero-order valence-corrected chi connectivity index (χ0v) is 13.1. The average Bonchev–Trinajstić information content (AvgIpc) is 2.38. The number of hydrogen-bond donors (Lipinski definition) is 2. The van der Waals surface area contributed by atoms with Crippen LogP contribution in [0.25, 0.3) is 0 Å². The van der Waals surface area contributed by atoms with Gasteiger partial charge in [-0.2, -0.15) is 0 Å². The molecule has 0 aliphatic heterocycles. The molecule has 0 aliphatic rings. The number of hydrogen-bond acceptors (Lipinski definition) is 5. The number of halogens is 1. The topological polar surface area (TPSA) is 59.1 Å². The van der Waals surface area contributed by atoms with Gasteiger partial charge in [0, 0.05) is 29.9 Å². The summed E-state index contributed by atoms with van der Waals surface area (Å²) >= 11 is 3.45. The summed E-state index contributed by atoms with van der Waals surface area (Å²) in [5.41, 5.74) is 0.973. The molecule has 106 valence electrons. The molecule has 0 spiro atoms. The third-order valence-electron chi connectivity index (χ3n) is 2.55. The third kappa shape index (κ3) is 4.47. The lowest BCUT2D eigenvalue weighted by molar-refractivity contribution is 0.210. The van der Waals surface area contributed by atoms with E-state index in [4.69, 9.17) is 4.74 Å². The van der Waals surface area contributed by atoms with Crippen LogP contribution in [0.3, 0.4) is 0 Å². The van der Waals surface area contributed by atoms with E-state index in [1.54, 1.807) is 7.11 Å². The van der Waals surface area contributed by atoms with Crippen LogP contribution in [0.2, 0.25) is 0 Å². The molecule has 2 rings (SSSR count). The summed E-state index contributed by atoms with van der Waals surface area (Å²) < 4.78 is 6.03. The summed E-state index contributed by atoms with van der Waals surface area (Å²) in [6, 6.07) is 9.81. The van der Waals surface area contributed by atoms with E-state index in [-0.39, 0.29) is 0 Å². The molecule has 0 radical (unpaired) electrons. The highest BCUT2D eigenvalue weighted by Gasteiger charge is 2.02. The van der Waals surface area contributed by atoms with Crippen molar-refractivity contribution in [3.05, 3.63) is 40.6 Å². The van der Waals surface area contributed by atoms with Gasteiger partial charge in [0.05, 0.1) is 6.61 Å². The molecule has 1 heterocycles. The van der Waals surface area contributed by atoms with E-state index in [2.05, 4.69) is 36.5 Å². The summed E-state index contributed by atoms with van der Waals surface area (Å²) in [5.74, 6) is 2.26. The van der Waals surface area contributed by atoms with Crippen LogP contribution in [0.15, 0.2) is 34.8 Å². The zero-order chi connectivity index (χ0) is 14.4. The Hall–Kier alpha value is -1.66. The summed E-state index contributed by atoms with van der Waals surface area (Å²) in [6.07, 6.45) is 0. The number of aromatic nitrogens is 2. The van der Waals surface area contributed by atoms with E-state index in [0.717, 1.165) is 21.8 Å². The fraction of sp³-hybridized carbons (Fsp3) is 0.286. The molecule has 20 heavy (non-hydrogen) atoms. The van der Waals surface area contributed by atoms with Gasteiger partial charge >= 0.3 is 0 Å². The van der Waals surface area contributed by atoms with Gasteiger partial charge in [-0.1, -0.05) is 22.0 Å². The molecule has 0 saturated carbocycles. The molecule has 0 saturated heterocycles. The standard InChI is InChI=1S/C14H17BrN4O/c1-10-17-13(16-6-7-20-2)9-14(18-10)19-12-5-3-4-11(15)8-12/h3-5,8-9H,6-7H2,1-2H3,(H2,16,17,18,19). The van der Waals surface area contributed by atoms with Crippen molar-refractivity contribution in [3.8, 4) is 0 Å². The Balaban J connectivity index is 2.11. The SMILES string of the molecule is COCCNc1cc(Nc2cccc(Br)c2)nc(C)n1. The van der Waals surface area contributed by atoms with Crippen molar-refractivity contribution >= 4 is 33.3 Å². The Morgan fingerprint density at radius 3 is 2.75 bits per heavy atom. The van der Waals surface area contributed by atoms with Crippen molar-refractivity contribution in [1.29, 1.82) is 0 Å². The number of rotatable bonds is 6.